The van der Waals surface area contributed by atoms with Crippen LogP contribution in [0.5, 0.6) is 0 Å². The van der Waals surface area contributed by atoms with Crippen molar-refractivity contribution in [3.63, 3.8) is 0 Å². The minimum Gasteiger partial charge on any atom is -0.356 e. The Balaban J connectivity index is 0.00000529. The molecule has 1 heterocycles. The average Bonchev–Trinajstić information content (AvgIpc) is 2.56. The van der Waals surface area contributed by atoms with Crippen molar-refractivity contribution in [2.75, 3.05) is 26.7 Å². The van der Waals surface area contributed by atoms with Gasteiger partial charge >= 0.3 is 0 Å². The third-order valence-electron chi connectivity index (χ3n) is 3.35. The molecule has 0 radical (unpaired) electrons. The van der Waals surface area contributed by atoms with Crippen molar-refractivity contribution >= 4 is 35.8 Å². The van der Waals surface area contributed by atoms with E-state index in [1.807, 2.05) is 0 Å². The van der Waals surface area contributed by atoms with Crippen molar-refractivity contribution in [1.29, 1.82) is 0 Å². The molecule has 1 aromatic rings. The number of aromatic nitrogens is 1. The maximum absolute atomic E-state index is 11.8. The summed E-state index contributed by atoms with van der Waals surface area (Å²) in [4.78, 5) is 19.9. The number of carbonyl (C=O) groups excluding carboxylic acids is 1. The van der Waals surface area contributed by atoms with E-state index in [1.165, 1.54) is 12.8 Å². The fraction of sp³-hybridized carbons (Fsp3) is 0.588. The molecule has 7 heteroatoms. The molecule has 0 atom stereocenters. The Morgan fingerprint density at radius 2 is 1.88 bits per heavy atom. The predicted molar refractivity (Wildman–Crippen MR) is 110 cm³/mol. The van der Waals surface area contributed by atoms with E-state index in [2.05, 4.69) is 39.8 Å². The molecule has 136 valence electrons. The molecule has 0 aliphatic carbocycles. The third-order valence-corrected chi connectivity index (χ3v) is 3.35. The summed E-state index contributed by atoms with van der Waals surface area (Å²) in [5.74, 6) is 1.41. The second-order valence-electron chi connectivity index (χ2n) is 5.81. The van der Waals surface area contributed by atoms with E-state index in [4.69, 9.17) is 0 Å². The smallest absolute Gasteiger partial charge is 0.252 e. The number of hydrogen-bond acceptors (Lipinski definition) is 3. The summed E-state index contributed by atoms with van der Waals surface area (Å²) < 4.78 is 0. The Morgan fingerprint density at radius 1 is 1.17 bits per heavy atom. The molecule has 0 aliphatic rings. The maximum atomic E-state index is 11.8. The van der Waals surface area contributed by atoms with Crippen molar-refractivity contribution in [3.05, 3.63) is 30.1 Å². The van der Waals surface area contributed by atoms with E-state index in [0.717, 1.165) is 24.8 Å². The minimum atomic E-state index is -0.114. The molecule has 0 fully saturated rings. The van der Waals surface area contributed by atoms with E-state index < -0.39 is 0 Å². The Bertz CT molecular complexity index is 479. The van der Waals surface area contributed by atoms with Gasteiger partial charge in [0.2, 0.25) is 0 Å². The molecular formula is C17H30IN5O. The summed E-state index contributed by atoms with van der Waals surface area (Å²) in [6.07, 6.45) is 6.82. The highest BCUT2D eigenvalue weighted by atomic mass is 127. The molecule has 0 aliphatic heterocycles. The van der Waals surface area contributed by atoms with Crippen LogP contribution in [-0.4, -0.2) is 43.5 Å². The number of amides is 1. The molecule has 1 amide bonds. The quantitative estimate of drug-likeness (QED) is 0.235. The van der Waals surface area contributed by atoms with Gasteiger partial charge in [0, 0.05) is 39.1 Å². The Labute approximate surface area is 162 Å². The lowest BCUT2D eigenvalue weighted by Gasteiger charge is -2.12. The van der Waals surface area contributed by atoms with Gasteiger partial charge in [0.05, 0.1) is 5.56 Å². The number of pyridine rings is 1. The standard InChI is InChI=1S/C17H29N5O.HI/c1-14(2)7-4-5-10-21-17(18-3)22-12-11-20-16(23)15-8-6-9-19-13-15;/h6,8-9,13-14H,4-5,7,10-12H2,1-3H3,(H,20,23)(H2,18,21,22);1H. The van der Waals surface area contributed by atoms with Crippen molar-refractivity contribution in [3.8, 4) is 0 Å². The summed E-state index contributed by atoms with van der Waals surface area (Å²) in [5.41, 5.74) is 0.570. The van der Waals surface area contributed by atoms with Crippen LogP contribution in [0, 0.1) is 5.92 Å². The number of nitrogens with zero attached hydrogens (tertiary/aromatic N) is 2. The number of guanidine groups is 1. The molecule has 1 aromatic heterocycles. The second kappa shape index (κ2) is 14.0. The Morgan fingerprint density at radius 3 is 2.50 bits per heavy atom. The van der Waals surface area contributed by atoms with E-state index >= 15 is 0 Å². The fourth-order valence-electron chi connectivity index (χ4n) is 2.06. The summed E-state index contributed by atoms with van der Waals surface area (Å²) in [6.45, 7) is 6.55. The number of carbonyl (C=O) groups is 1. The molecule has 0 saturated heterocycles. The topological polar surface area (TPSA) is 78.4 Å². The zero-order valence-corrected chi connectivity index (χ0v) is 17.2. The number of rotatable bonds is 9. The molecule has 0 bridgehead atoms. The van der Waals surface area contributed by atoms with Gasteiger partial charge < -0.3 is 16.0 Å². The van der Waals surface area contributed by atoms with Crippen molar-refractivity contribution in [2.45, 2.75) is 33.1 Å². The van der Waals surface area contributed by atoms with Gasteiger partial charge in [-0.3, -0.25) is 14.8 Å². The molecule has 1 rings (SSSR count). The zero-order chi connectivity index (χ0) is 16.9. The lowest BCUT2D eigenvalue weighted by Crippen LogP contribution is -2.41. The Kier molecular flexibility index (Phi) is 13.2. The first-order chi connectivity index (χ1) is 11.1. The first-order valence-corrected chi connectivity index (χ1v) is 8.26. The molecule has 0 aromatic carbocycles. The highest BCUT2D eigenvalue weighted by molar-refractivity contribution is 14.0. The first-order valence-electron chi connectivity index (χ1n) is 8.26. The summed E-state index contributed by atoms with van der Waals surface area (Å²) in [7, 11) is 1.75. The lowest BCUT2D eigenvalue weighted by atomic mass is 10.1. The highest BCUT2D eigenvalue weighted by Gasteiger charge is 2.04. The molecule has 0 unspecified atom stereocenters. The van der Waals surface area contributed by atoms with Crippen molar-refractivity contribution < 1.29 is 4.79 Å². The number of halogens is 1. The molecule has 0 saturated carbocycles. The Hall–Kier alpha value is -1.38. The van der Waals surface area contributed by atoms with Crippen LogP contribution >= 0.6 is 24.0 Å². The van der Waals surface area contributed by atoms with Gasteiger partial charge in [-0.15, -0.1) is 24.0 Å². The maximum Gasteiger partial charge on any atom is 0.252 e. The molecule has 3 N–H and O–H groups in total. The summed E-state index contributed by atoms with van der Waals surface area (Å²) >= 11 is 0. The largest absolute Gasteiger partial charge is 0.356 e. The number of hydrogen-bond donors (Lipinski definition) is 3. The average molecular weight is 447 g/mol. The van der Waals surface area contributed by atoms with Gasteiger partial charge in [-0.25, -0.2) is 0 Å². The molecule has 24 heavy (non-hydrogen) atoms. The van der Waals surface area contributed by atoms with E-state index in [1.54, 1.807) is 31.6 Å². The van der Waals surface area contributed by atoms with Gasteiger partial charge in [0.25, 0.3) is 5.91 Å². The molecule has 0 spiro atoms. The van der Waals surface area contributed by atoms with Gasteiger partial charge in [-0.1, -0.05) is 26.7 Å². The van der Waals surface area contributed by atoms with Crippen LogP contribution in [-0.2, 0) is 0 Å². The number of nitrogens with one attached hydrogen (secondary N) is 3. The normalized spacial score (nSPS) is 10.9. The summed E-state index contributed by atoms with van der Waals surface area (Å²) in [5, 5.41) is 9.31. The molecule has 6 nitrogen and oxygen atoms in total. The monoisotopic (exact) mass is 447 g/mol. The van der Waals surface area contributed by atoms with Gasteiger partial charge in [0.1, 0.15) is 0 Å². The van der Waals surface area contributed by atoms with Crippen LogP contribution in [0.25, 0.3) is 0 Å². The zero-order valence-electron chi connectivity index (χ0n) is 14.8. The minimum absolute atomic E-state index is 0. The first kappa shape index (κ1) is 22.6. The van der Waals surface area contributed by atoms with Gasteiger partial charge in [-0.2, -0.15) is 0 Å². The van der Waals surface area contributed by atoms with Gasteiger partial charge in [0.15, 0.2) is 5.96 Å². The number of aliphatic imine (C=N–C) groups is 1. The van der Waals surface area contributed by atoms with Crippen LogP contribution in [0.3, 0.4) is 0 Å². The van der Waals surface area contributed by atoms with E-state index in [-0.39, 0.29) is 29.9 Å². The third kappa shape index (κ3) is 10.4. The number of unbranched alkanes of at least 4 members (excludes halogenated alkanes) is 1. The fourth-order valence-corrected chi connectivity index (χ4v) is 2.06. The molecular weight excluding hydrogens is 417 g/mol. The SMILES string of the molecule is CN=C(NCCCCC(C)C)NCCNC(=O)c1cccnc1.I. The van der Waals surface area contributed by atoms with Crippen molar-refractivity contribution in [2.24, 2.45) is 10.9 Å². The van der Waals surface area contributed by atoms with Gasteiger partial charge in [-0.05, 0) is 24.5 Å². The van der Waals surface area contributed by atoms with E-state index in [0.29, 0.717) is 18.7 Å². The summed E-state index contributed by atoms with van der Waals surface area (Å²) in [6, 6.07) is 3.49. The lowest BCUT2D eigenvalue weighted by molar-refractivity contribution is 0.0954. The highest BCUT2D eigenvalue weighted by Crippen LogP contribution is 2.04. The van der Waals surface area contributed by atoms with E-state index in [9.17, 15) is 4.79 Å². The van der Waals surface area contributed by atoms with Crippen LogP contribution < -0.4 is 16.0 Å². The van der Waals surface area contributed by atoms with Crippen LogP contribution in [0.2, 0.25) is 0 Å². The van der Waals surface area contributed by atoms with Crippen LogP contribution in [0.15, 0.2) is 29.5 Å². The van der Waals surface area contributed by atoms with Crippen LogP contribution in [0.1, 0.15) is 43.5 Å². The van der Waals surface area contributed by atoms with Crippen molar-refractivity contribution in [1.82, 2.24) is 20.9 Å². The van der Waals surface area contributed by atoms with Crippen LogP contribution in [0.4, 0.5) is 0 Å². The second-order valence-corrected chi connectivity index (χ2v) is 5.81. The predicted octanol–water partition coefficient (Wildman–Crippen LogP) is 2.42.